The van der Waals surface area contributed by atoms with Crippen molar-refractivity contribution in [2.75, 3.05) is 17.2 Å². The smallest absolute Gasteiger partial charge is 0.276 e. The Bertz CT molecular complexity index is 679. The number of nitro groups is 1. The molecule has 1 heterocycles. The number of anilines is 3. The maximum Gasteiger partial charge on any atom is 0.276 e. The molecule has 1 aromatic heterocycles. The third-order valence-electron chi connectivity index (χ3n) is 2.57. The third kappa shape index (κ3) is 3.62. The van der Waals surface area contributed by atoms with E-state index in [1.54, 1.807) is 0 Å². The van der Waals surface area contributed by atoms with Gasteiger partial charge in [0.1, 0.15) is 23.3 Å². The molecule has 0 aliphatic carbocycles. The predicted octanol–water partition coefficient (Wildman–Crippen LogP) is 3.44. The summed E-state index contributed by atoms with van der Waals surface area (Å²) in [5.41, 5.74) is -0.210. The zero-order chi connectivity index (χ0) is 15.4. The van der Waals surface area contributed by atoms with Crippen molar-refractivity contribution in [2.45, 2.75) is 6.92 Å². The molecule has 0 spiro atoms. The summed E-state index contributed by atoms with van der Waals surface area (Å²) >= 11 is 0. The van der Waals surface area contributed by atoms with E-state index in [9.17, 15) is 18.9 Å². The number of aromatic nitrogens is 1. The standard InChI is InChI=1S/C13H12F2N4O2/c1-2-16-12-6-9(19(20)21)7-13(18-12)17-11-4-3-8(14)5-10(11)15/h3-7H,2H2,1H3,(H2,16,17,18). The van der Waals surface area contributed by atoms with Gasteiger partial charge in [0.2, 0.25) is 0 Å². The summed E-state index contributed by atoms with van der Waals surface area (Å²) in [7, 11) is 0. The second-order valence-electron chi connectivity index (χ2n) is 4.13. The fourth-order valence-electron chi connectivity index (χ4n) is 1.69. The van der Waals surface area contributed by atoms with Gasteiger partial charge >= 0.3 is 0 Å². The van der Waals surface area contributed by atoms with E-state index in [0.717, 1.165) is 6.07 Å². The number of hydrogen-bond acceptors (Lipinski definition) is 5. The van der Waals surface area contributed by atoms with Gasteiger partial charge in [-0.25, -0.2) is 13.8 Å². The van der Waals surface area contributed by atoms with Gasteiger partial charge in [0.25, 0.3) is 5.69 Å². The van der Waals surface area contributed by atoms with E-state index in [0.29, 0.717) is 12.6 Å². The van der Waals surface area contributed by atoms with Crippen molar-refractivity contribution < 1.29 is 13.7 Å². The number of nitrogens with zero attached hydrogens (tertiary/aromatic N) is 2. The van der Waals surface area contributed by atoms with E-state index in [1.807, 2.05) is 6.92 Å². The van der Waals surface area contributed by atoms with Crippen molar-refractivity contribution in [3.63, 3.8) is 0 Å². The van der Waals surface area contributed by atoms with E-state index in [2.05, 4.69) is 15.6 Å². The van der Waals surface area contributed by atoms with E-state index in [1.165, 1.54) is 18.2 Å². The highest BCUT2D eigenvalue weighted by atomic mass is 19.1. The lowest BCUT2D eigenvalue weighted by atomic mass is 10.3. The molecule has 2 N–H and O–H groups in total. The highest BCUT2D eigenvalue weighted by Crippen LogP contribution is 2.25. The number of pyridine rings is 1. The second-order valence-corrected chi connectivity index (χ2v) is 4.13. The molecule has 6 nitrogen and oxygen atoms in total. The van der Waals surface area contributed by atoms with E-state index in [-0.39, 0.29) is 23.0 Å². The van der Waals surface area contributed by atoms with Crippen LogP contribution >= 0.6 is 0 Å². The van der Waals surface area contributed by atoms with Crippen LogP contribution in [-0.4, -0.2) is 16.5 Å². The van der Waals surface area contributed by atoms with Crippen LogP contribution in [0.3, 0.4) is 0 Å². The quantitative estimate of drug-likeness (QED) is 0.652. The van der Waals surface area contributed by atoms with E-state index in [4.69, 9.17) is 0 Å². The molecule has 0 amide bonds. The molecule has 0 bridgehead atoms. The summed E-state index contributed by atoms with van der Waals surface area (Å²) in [6.07, 6.45) is 0. The summed E-state index contributed by atoms with van der Waals surface area (Å²) < 4.78 is 26.4. The Balaban J connectivity index is 2.36. The Morgan fingerprint density at radius 1 is 1.24 bits per heavy atom. The van der Waals surface area contributed by atoms with E-state index < -0.39 is 16.6 Å². The van der Waals surface area contributed by atoms with Crippen molar-refractivity contribution in [3.05, 3.63) is 52.1 Å². The summed E-state index contributed by atoms with van der Waals surface area (Å²) in [4.78, 5) is 14.4. The molecule has 1 aromatic carbocycles. The number of nitrogens with one attached hydrogen (secondary N) is 2. The average molecular weight is 294 g/mol. The Hall–Kier alpha value is -2.77. The van der Waals surface area contributed by atoms with Gasteiger partial charge in [-0.2, -0.15) is 0 Å². The zero-order valence-electron chi connectivity index (χ0n) is 11.1. The minimum absolute atomic E-state index is 0.0214. The van der Waals surface area contributed by atoms with Crippen LogP contribution in [-0.2, 0) is 0 Å². The van der Waals surface area contributed by atoms with Crippen LogP contribution in [0.1, 0.15) is 6.92 Å². The van der Waals surface area contributed by atoms with Crippen LogP contribution in [0.25, 0.3) is 0 Å². The molecule has 0 aliphatic heterocycles. The third-order valence-corrected chi connectivity index (χ3v) is 2.57. The predicted molar refractivity (Wildman–Crippen MR) is 74.7 cm³/mol. The first-order chi connectivity index (χ1) is 9.99. The van der Waals surface area contributed by atoms with Crippen molar-refractivity contribution >= 4 is 23.0 Å². The molecule has 110 valence electrons. The van der Waals surface area contributed by atoms with Crippen molar-refractivity contribution in [2.24, 2.45) is 0 Å². The first-order valence-electron chi connectivity index (χ1n) is 6.12. The summed E-state index contributed by atoms with van der Waals surface area (Å²) in [5.74, 6) is -1.14. The molecule has 0 fully saturated rings. The van der Waals surface area contributed by atoms with Crippen LogP contribution in [0.2, 0.25) is 0 Å². The van der Waals surface area contributed by atoms with Gasteiger partial charge in [-0.3, -0.25) is 10.1 Å². The fourth-order valence-corrected chi connectivity index (χ4v) is 1.69. The summed E-state index contributed by atoms with van der Waals surface area (Å²) in [5, 5.41) is 16.3. The number of hydrogen-bond donors (Lipinski definition) is 2. The molecular formula is C13H12F2N4O2. The van der Waals surface area contributed by atoms with Crippen LogP contribution in [0.4, 0.5) is 31.8 Å². The minimum atomic E-state index is -0.812. The Morgan fingerprint density at radius 3 is 2.57 bits per heavy atom. The molecule has 0 aliphatic rings. The lowest BCUT2D eigenvalue weighted by Gasteiger charge is -2.09. The van der Waals surface area contributed by atoms with Crippen molar-refractivity contribution in [1.29, 1.82) is 0 Å². The molecule has 8 heteroatoms. The lowest BCUT2D eigenvalue weighted by Crippen LogP contribution is -2.04. The molecule has 2 aromatic rings. The first kappa shape index (κ1) is 14.6. The largest absolute Gasteiger partial charge is 0.370 e. The zero-order valence-corrected chi connectivity index (χ0v) is 11.1. The van der Waals surface area contributed by atoms with Crippen LogP contribution < -0.4 is 10.6 Å². The molecular weight excluding hydrogens is 282 g/mol. The van der Waals surface area contributed by atoms with Crippen LogP contribution in [0.5, 0.6) is 0 Å². The molecule has 0 saturated heterocycles. The fraction of sp³-hybridized carbons (Fsp3) is 0.154. The minimum Gasteiger partial charge on any atom is -0.370 e. The van der Waals surface area contributed by atoms with E-state index >= 15 is 0 Å². The molecule has 0 saturated carbocycles. The second kappa shape index (κ2) is 6.12. The Morgan fingerprint density at radius 2 is 1.95 bits per heavy atom. The lowest BCUT2D eigenvalue weighted by molar-refractivity contribution is -0.384. The highest BCUT2D eigenvalue weighted by molar-refractivity contribution is 5.62. The SMILES string of the molecule is CCNc1cc([N+](=O)[O-])cc(Nc2ccc(F)cc2F)n1. The molecule has 0 unspecified atom stereocenters. The molecule has 0 atom stereocenters. The van der Waals surface area contributed by atoms with Gasteiger partial charge in [-0.15, -0.1) is 0 Å². The van der Waals surface area contributed by atoms with Gasteiger partial charge < -0.3 is 10.6 Å². The van der Waals surface area contributed by atoms with Gasteiger partial charge in [0, 0.05) is 12.6 Å². The highest BCUT2D eigenvalue weighted by Gasteiger charge is 2.12. The van der Waals surface area contributed by atoms with Crippen LogP contribution in [0, 0.1) is 21.7 Å². The van der Waals surface area contributed by atoms with Crippen molar-refractivity contribution in [3.8, 4) is 0 Å². The Labute approximate surface area is 119 Å². The molecule has 2 rings (SSSR count). The van der Waals surface area contributed by atoms with Gasteiger partial charge in [-0.1, -0.05) is 0 Å². The summed E-state index contributed by atoms with van der Waals surface area (Å²) in [6.45, 7) is 2.34. The number of halogens is 2. The normalized spacial score (nSPS) is 10.2. The maximum absolute atomic E-state index is 13.6. The molecule has 0 radical (unpaired) electrons. The van der Waals surface area contributed by atoms with Gasteiger partial charge in [-0.05, 0) is 19.1 Å². The summed E-state index contributed by atoms with van der Waals surface area (Å²) in [6, 6.07) is 5.43. The number of rotatable bonds is 5. The molecule has 21 heavy (non-hydrogen) atoms. The topological polar surface area (TPSA) is 80.1 Å². The van der Waals surface area contributed by atoms with Crippen molar-refractivity contribution in [1.82, 2.24) is 4.98 Å². The van der Waals surface area contributed by atoms with Crippen LogP contribution in [0.15, 0.2) is 30.3 Å². The maximum atomic E-state index is 13.6. The monoisotopic (exact) mass is 294 g/mol. The number of benzene rings is 1. The first-order valence-corrected chi connectivity index (χ1v) is 6.12. The average Bonchev–Trinajstić information content (AvgIpc) is 2.42. The van der Waals surface area contributed by atoms with Gasteiger partial charge in [0.05, 0.1) is 22.7 Å². The Kier molecular flexibility index (Phi) is 4.27. The van der Waals surface area contributed by atoms with Gasteiger partial charge in [0.15, 0.2) is 0 Å².